The molecule has 0 unspecified atom stereocenters. The molecule has 1 atom stereocenters. The minimum absolute atomic E-state index is 0.0287. The van der Waals surface area contributed by atoms with E-state index in [0.717, 1.165) is 0 Å². The molecule has 2 bridgehead atoms. The third-order valence-electron chi connectivity index (χ3n) is 4.10. The molecule has 3 saturated heterocycles. The number of nitrogens with zero attached hydrogens (tertiary/aromatic N) is 1. The van der Waals surface area contributed by atoms with Gasteiger partial charge in [0.15, 0.2) is 0 Å². The van der Waals surface area contributed by atoms with Crippen LogP contribution in [0, 0.1) is 0 Å². The number of hydrogen-bond acceptors (Lipinski definition) is 4. The normalized spacial score (nSPS) is 30.0. The van der Waals surface area contributed by atoms with E-state index < -0.39 is 43.0 Å². The van der Waals surface area contributed by atoms with Crippen molar-refractivity contribution < 1.29 is 48.4 Å². The molecule has 3 aliphatic heterocycles. The van der Waals surface area contributed by atoms with E-state index in [1.807, 2.05) is 4.90 Å². The molecule has 0 spiro atoms. The summed E-state index contributed by atoms with van der Waals surface area (Å²) in [6, 6.07) is 0. The van der Waals surface area contributed by atoms with Gasteiger partial charge in [0.05, 0.1) is 23.4 Å². The molecule has 14 heteroatoms. The van der Waals surface area contributed by atoms with Crippen LogP contribution in [-0.4, -0.2) is 80.9 Å². The molecule has 0 aromatic rings. The topological polar surface area (TPSA) is 30.9 Å². The Hall–Kier alpha value is 0.227. The monoisotopic (exact) mass is 529 g/mol. The molecule has 4 nitrogen and oxygen atoms in total. The maximum atomic E-state index is 13.9. The Bertz CT molecular complexity index is 475. The molecular weight excluding hydrogens is 513 g/mol. The van der Waals surface area contributed by atoms with Gasteiger partial charge in [-0.3, -0.25) is 4.90 Å². The minimum atomic E-state index is -6.25. The van der Waals surface area contributed by atoms with Gasteiger partial charge in [-0.2, -0.15) is 26.3 Å². The van der Waals surface area contributed by atoms with Crippen molar-refractivity contribution in [1.29, 1.82) is 0 Å². The lowest BCUT2D eigenvalue weighted by Gasteiger charge is -2.41. The SMILES string of the molecule is FC(F)C(F)(F)C(F)(F)C(F)(F)C[C@@H](I)[Si]12OCCN(CCO1)CCO2. The van der Waals surface area contributed by atoms with Gasteiger partial charge in [-0.15, -0.1) is 0 Å². The van der Waals surface area contributed by atoms with Crippen LogP contribution in [0.4, 0.5) is 35.1 Å². The Labute approximate surface area is 158 Å². The highest BCUT2D eigenvalue weighted by molar-refractivity contribution is 14.1. The smallest absolute Gasteiger partial charge is 0.371 e. The van der Waals surface area contributed by atoms with Crippen LogP contribution < -0.4 is 0 Å². The van der Waals surface area contributed by atoms with Crippen LogP contribution in [0.15, 0.2) is 0 Å². The molecule has 0 N–H and O–H groups in total. The van der Waals surface area contributed by atoms with E-state index in [9.17, 15) is 35.1 Å². The summed E-state index contributed by atoms with van der Waals surface area (Å²) in [5.74, 6) is -17.9. The van der Waals surface area contributed by atoms with E-state index in [0.29, 0.717) is 19.6 Å². The highest BCUT2D eigenvalue weighted by atomic mass is 127. The largest absolute Gasteiger partial charge is 0.514 e. The van der Waals surface area contributed by atoms with Gasteiger partial charge < -0.3 is 13.3 Å². The first-order valence-electron chi connectivity index (χ1n) is 7.55. The average molecular weight is 529 g/mol. The van der Waals surface area contributed by atoms with Crippen molar-refractivity contribution in [3.8, 4) is 0 Å². The van der Waals surface area contributed by atoms with Gasteiger partial charge in [-0.1, -0.05) is 22.6 Å². The summed E-state index contributed by atoms with van der Waals surface area (Å²) in [5, 5.41) is 0. The van der Waals surface area contributed by atoms with Gasteiger partial charge in [-0.05, 0) is 0 Å². The van der Waals surface area contributed by atoms with Gasteiger partial charge in [0.1, 0.15) is 0 Å². The maximum absolute atomic E-state index is 13.9. The van der Waals surface area contributed by atoms with Gasteiger partial charge in [-0.25, -0.2) is 8.78 Å². The summed E-state index contributed by atoms with van der Waals surface area (Å²) in [7, 11) is -3.89. The van der Waals surface area contributed by atoms with Crippen LogP contribution in [0.25, 0.3) is 0 Å². The fourth-order valence-electron chi connectivity index (χ4n) is 2.54. The zero-order valence-electron chi connectivity index (χ0n) is 13.2. The van der Waals surface area contributed by atoms with Crippen molar-refractivity contribution in [2.75, 3.05) is 39.5 Å². The van der Waals surface area contributed by atoms with Gasteiger partial charge >= 0.3 is 33.0 Å². The molecular formula is C12H16F8INO3Si. The Balaban J connectivity index is 2.21. The molecule has 154 valence electrons. The lowest BCUT2D eigenvalue weighted by Crippen LogP contribution is -2.63. The van der Waals surface area contributed by atoms with E-state index in [2.05, 4.69) is 0 Å². The summed E-state index contributed by atoms with van der Waals surface area (Å²) in [4.78, 5) is 1.92. The summed E-state index contributed by atoms with van der Waals surface area (Å²) in [6.07, 6.45) is -6.79. The summed E-state index contributed by atoms with van der Waals surface area (Å²) in [6.45, 7) is 1.42. The fourth-order valence-corrected chi connectivity index (χ4v) is 7.14. The Morgan fingerprint density at radius 1 is 0.885 bits per heavy atom. The predicted molar refractivity (Wildman–Crippen MR) is 83.3 cm³/mol. The first kappa shape index (κ1) is 22.5. The van der Waals surface area contributed by atoms with Crippen molar-refractivity contribution in [2.45, 2.75) is 34.2 Å². The van der Waals surface area contributed by atoms with Crippen LogP contribution in [0.5, 0.6) is 0 Å². The number of halogens is 9. The number of rotatable bonds is 6. The Morgan fingerprint density at radius 3 is 1.69 bits per heavy atom. The quantitative estimate of drug-likeness (QED) is 0.229. The number of fused-ring (bicyclic) bond motifs is 6. The van der Waals surface area contributed by atoms with Crippen LogP contribution in [0.1, 0.15) is 6.42 Å². The summed E-state index contributed by atoms with van der Waals surface area (Å²) in [5.41, 5.74) is 0. The second kappa shape index (κ2) is 7.92. The van der Waals surface area contributed by atoms with E-state index in [1.54, 1.807) is 0 Å². The van der Waals surface area contributed by atoms with Crippen molar-refractivity contribution in [3.05, 3.63) is 0 Å². The summed E-state index contributed by atoms with van der Waals surface area (Å²) < 4.78 is 120. The van der Waals surface area contributed by atoms with Crippen molar-refractivity contribution in [1.82, 2.24) is 4.90 Å². The van der Waals surface area contributed by atoms with Gasteiger partial charge in [0.25, 0.3) is 0 Å². The molecule has 0 aromatic heterocycles. The third-order valence-corrected chi connectivity index (χ3v) is 9.62. The fraction of sp³-hybridized carbons (Fsp3) is 1.00. The van der Waals surface area contributed by atoms with Crippen LogP contribution in [0.3, 0.4) is 0 Å². The first-order chi connectivity index (χ1) is 11.9. The zero-order valence-corrected chi connectivity index (χ0v) is 16.3. The Morgan fingerprint density at radius 2 is 1.31 bits per heavy atom. The molecule has 0 aliphatic carbocycles. The zero-order chi connectivity index (χ0) is 19.8. The minimum Gasteiger partial charge on any atom is -0.371 e. The lowest BCUT2D eigenvalue weighted by atomic mass is 10.0. The van der Waals surface area contributed by atoms with Crippen LogP contribution in [-0.2, 0) is 13.3 Å². The summed E-state index contributed by atoms with van der Waals surface area (Å²) >= 11 is 1.32. The number of hydrogen-bond donors (Lipinski definition) is 0. The highest BCUT2D eigenvalue weighted by Crippen LogP contribution is 2.51. The third kappa shape index (κ3) is 4.13. The highest BCUT2D eigenvalue weighted by Gasteiger charge is 2.76. The molecule has 0 saturated carbocycles. The molecule has 0 amide bonds. The number of alkyl halides is 9. The second-order valence-corrected chi connectivity index (χ2v) is 11.3. The Kier molecular flexibility index (Phi) is 6.86. The van der Waals surface area contributed by atoms with Gasteiger partial charge in [0.2, 0.25) is 0 Å². The molecule has 3 aliphatic rings. The molecule has 0 radical (unpaired) electrons. The van der Waals surface area contributed by atoms with E-state index in [4.69, 9.17) is 13.3 Å². The maximum Gasteiger partial charge on any atom is 0.514 e. The molecule has 0 aromatic carbocycles. The van der Waals surface area contributed by atoms with Crippen LogP contribution in [0.2, 0.25) is 0 Å². The van der Waals surface area contributed by atoms with Crippen molar-refractivity contribution >= 4 is 31.4 Å². The lowest BCUT2D eigenvalue weighted by molar-refractivity contribution is -0.339. The average Bonchev–Trinajstić information content (AvgIpc) is 2.44. The van der Waals surface area contributed by atoms with Crippen molar-refractivity contribution in [2.24, 2.45) is 0 Å². The van der Waals surface area contributed by atoms with Crippen LogP contribution >= 0.6 is 22.6 Å². The molecule has 3 fully saturated rings. The predicted octanol–water partition coefficient (Wildman–Crippen LogP) is 3.21. The van der Waals surface area contributed by atoms with E-state index in [1.165, 1.54) is 22.6 Å². The van der Waals surface area contributed by atoms with Gasteiger partial charge in [0, 0.05) is 26.1 Å². The van der Waals surface area contributed by atoms with E-state index >= 15 is 0 Å². The van der Waals surface area contributed by atoms with E-state index in [-0.39, 0.29) is 19.8 Å². The molecule has 3 rings (SSSR count). The first-order valence-corrected chi connectivity index (χ1v) is 10.6. The standard InChI is InChI=1S/C12H16F8INO3Si/c13-9(14)11(17,18)12(19,20)10(15,16)7-8(21)26-23-4-1-22(2-5-24-26)3-6-25-26/h8-9H,1-7H2/t8-/m0/s1. The second-order valence-electron chi connectivity index (χ2n) is 5.86. The van der Waals surface area contributed by atoms with Crippen molar-refractivity contribution in [3.63, 3.8) is 0 Å². The molecule has 3 heterocycles. The molecule has 26 heavy (non-hydrogen) atoms.